The summed E-state index contributed by atoms with van der Waals surface area (Å²) in [7, 11) is -2.60. The van der Waals surface area contributed by atoms with E-state index >= 15 is 0 Å². The molecule has 0 heterocycles. The van der Waals surface area contributed by atoms with Gasteiger partial charge in [0.1, 0.15) is 4.90 Å². The highest BCUT2D eigenvalue weighted by atomic mass is 35.5. The minimum Gasteiger partial charge on any atom is -0.493 e. The molecule has 0 saturated carbocycles. The maximum atomic E-state index is 12.4. The zero-order chi connectivity index (χ0) is 17.0. The third kappa shape index (κ3) is 4.06. The van der Waals surface area contributed by atoms with Crippen LogP contribution in [-0.4, -0.2) is 15.5 Å². The van der Waals surface area contributed by atoms with Crippen LogP contribution < -0.4 is 8.92 Å². The molecule has 122 valence electrons. The molecule has 2 aromatic carbocycles. The first-order chi connectivity index (χ1) is 10.9. The molecule has 0 bridgehead atoms. The molecule has 0 aliphatic carbocycles. The van der Waals surface area contributed by atoms with Gasteiger partial charge in [0.15, 0.2) is 11.5 Å². The van der Waals surface area contributed by atoms with Gasteiger partial charge in [0.2, 0.25) is 0 Å². The Morgan fingerprint density at radius 2 is 1.91 bits per heavy atom. The van der Waals surface area contributed by atoms with Crippen LogP contribution in [0.1, 0.15) is 11.1 Å². The van der Waals surface area contributed by atoms with E-state index in [-0.39, 0.29) is 15.7 Å². The standard InChI is InChI=1S/C17H17ClO4S/c1-4-5-13-7-8-15(16(11-13)21-3)22-23(19,20)17-9-6-12(2)10-14(17)18/h4,6-11H,1,5H2,2-3H3. The highest BCUT2D eigenvalue weighted by Crippen LogP contribution is 2.32. The molecule has 0 aromatic heterocycles. The van der Waals surface area contributed by atoms with Gasteiger partial charge >= 0.3 is 10.1 Å². The van der Waals surface area contributed by atoms with Crippen molar-refractivity contribution in [1.29, 1.82) is 0 Å². The fourth-order valence-electron chi connectivity index (χ4n) is 2.05. The van der Waals surface area contributed by atoms with Crippen molar-refractivity contribution >= 4 is 21.7 Å². The summed E-state index contributed by atoms with van der Waals surface area (Å²) in [5.74, 6) is 0.438. The van der Waals surface area contributed by atoms with Crippen molar-refractivity contribution in [2.75, 3.05) is 7.11 Å². The predicted octanol–water partition coefficient (Wildman–Crippen LogP) is 4.15. The van der Waals surface area contributed by atoms with Gasteiger partial charge in [0.25, 0.3) is 0 Å². The second-order valence-electron chi connectivity index (χ2n) is 4.95. The molecule has 0 spiro atoms. The summed E-state index contributed by atoms with van der Waals surface area (Å²) in [5, 5.41) is 0.118. The van der Waals surface area contributed by atoms with E-state index in [2.05, 4.69) is 6.58 Å². The largest absolute Gasteiger partial charge is 0.493 e. The summed E-state index contributed by atoms with van der Waals surface area (Å²) >= 11 is 6.02. The minimum absolute atomic E-state index is 0.0815. The zero-order valence-corrected chi connectivity index (χ0v) is 14.4. The van der Waals surface area contributed by atoms with Crippen LogP contribution in [0.5, 0.6) is 11.5 Å². The lowest BCUT2D eigenvalue weighted by molar-refractivity contribution is 0.390. The van der Waals surface area contributed by atoms with Crippen LogP contribution in [0.4, 0.5) is 0 Å². The molecular formula is C17H17ClO4S. The monoisotopic (exact) mass is 352 g/mol. The van der Waals surface area contributed by atoms with Crippen LogP contribution in [0.25, 0.3) is 0 Å². The molecule has 6 heteroatoms. The summed E-state index contributed by atoms with van der Waals surface area (Å²) < 4.78 is 35.3. The average molecular weight is 353 g/mol. The highest BCUT2D eigenvalue weighted by Gasteiger charge is 2.22. The molecule has 2 aromatic rings. The van der Waals surface area contributed by atoms with E-state index in [4.69, 9.17) is 20.5 Å². The van der Waals surface area contributed by atoms with E-state index in [9.17, 15) is 8.42 Å². The molecule has 23 heavy (non-hydrogen) atoms. The quantitative estimate of drug-likeness (QED) is 0.578. The summed E-state index contributed by atoms with van der Waals surface area (Å²) in [6.45, 7) is 5.49. The molecule has 2 rings (SSSR count). The van der Waals surface area contributed by atoms with Crippen LogP contribution in [0.2, 0.25) is 5.02 Å². The Morgan fingerprint density at radius 1 is 1.17 bits per heavy atom. The first-order valence-corrected chi connectivity index (χ1v) is 8.64. The van der Waals surface area contributed by atoms with Gasteiger partial charge < -0.3 is 8.92 Å². The number of halogens is 1. The van der Waals surface area contributed by atoms with Crippen molar-refractivity contribution in [3.05, 3.63) is 65.2 Å². The lowest BCUT2D eigenvalue weighted by Gasteiger charge is -2.12. The van der Waals surface area contributed by atoms with E-state index < -0.39 is 10.1 Å². The third-order valence-corrected chi connectivity index (χ3v) is 4.88. The maximum absolute atomic E-state index is 12.4. The van der Waals surface area contributed by atoms with Gasteiger partial charge in [0, 0.05) is 0 Å². The predicted molar refractivity (Wildman–Crippen MR) is 90.9 cm³/mol. The van der Waals surface area contributed by atoms with Crippen molar-refractivity contribution in [2.24, 2.45) is 0 Å². The van der Waals surface area contributed by atoms with Crippen molar-refractivity contribution in [1.82, 2.24) is 0 Å². The van der Waals surface area contributed by atoms with E-state index in [0.29, 0.717) is 12.2 Å². The minimum atomic E-state index is -4.05. The van der Waals surface area contributed by atoms with Crippen molar-refractivity contribution in [3.8, 4) is 11.5 Å². The van der Waals surface area contributed by atoms with Gasteiger partial charge in [-0.25, -0.2) is 0 Å². The Morgan fingerprint density at radius 3 is 2.52 bits per heavy atom. The topological polar surface area (TPSA) is 52.6 Å². The number of hydrogen-bond acceptors (Lipinski definition) is 4. The van der Waals surface area contributed by atoms with Gasteiger partial charge in [-0.15, -0.1) is 6.58 Å². The van der Waals surface area contributed by atoms with Crippen LogP contribution >= 0.6 is 11.6 Å². The highest BCUT2D eigenvalue weighted by molar-refractivity contribution is 7.87. The summed E-state index contributed by atoms with van der Waals surface area (Å²) in [5.41, 5.74) is 1.80. The van der Waals surface area contributed by atoms with Gasteiger partial charge in [-0.3, -0.25) is 0 Å². The number of rotatable bonds is 6. The first kappa shape index (κ1) is 17.4. The van der Waals surface area contributed by atoms with E-state index in [0.717, 1.165) is 11.1 Å². The average Bonchev–Trinajstić information content (AvgIpc) is 2.48. The summed E-state index contributed by atoms with van der Waals surface area (Å²) in [6, 6.07) is 9.67. The molecular weight excluding hydrogens is 336 g/mol. The van der Waals surface area contributed by atoms with Crippen LogP contribution in [0.3, 0.4) is 0 Å². The lowest BCUT2D eigenvalue weighted by Crippen LogP contribution is -2.11. The number of ether oxygens (including phenoxy) is 1. The Balaban J connectivity index is 2.38. The lowest BCUT2D eigenvalue weighted by atomic mass is 10.1. The number of benzene rings is 2. The van der Waals surface area contributed by atoms with Crippen molar-refractivity contribution in [2.45, 2.75) is 18.2 Å². The fraction of sp³-hybridized carbons (Fsp3) is 0.176. The SMILES string of the molecule is C=CCc1ccc(OS(=O)(=O)c2ccc(C)cc2Cl)c(OC)c1. The molecule has 0 radical (unpaired) electrons. The molecule has 0 fully saturated rings. The smallest absolute Gasteiger partial charge is 0.340 e. The van der Waals surface area contributed by atoms with Crippen molar-refractivity contribution in [3.63, 3.8) is 0 Å². The Labute approximate surface area is 141 Å². The fourth-order valence-corrected chi connectivity index (χ4v) is 3.56. The molecule has 0 aliphatic rings. The molecule has 0 aliphatic heterocycles. The molecule has 0 amide bonds. The summed E-state index contributed by atoms with van der Waals surface area (Å²) in [4.78, 5) is -0.0815. The molecule has 0 atom stereocenters. The van der Waals surface area contributed by atoms with Crippen LogP contribution in [0.15, 0.2) is 53.9 Å². The molecule has 0 unspecified atom stereocenters. The maximum Gasteiger partial charge on any atom is 0.340 e. The van der Waals surface area contributed by atoms with Crippen LogP contribution in [-0.2, 0) is 16.5 Å². The van der Waals surface area contributed by atoms with E-state index in [1.807, 2.05) is 6.92 Å². The van der Waals surface area contributed by atoms with Crippen LogP contribution in [0, 0.1) is 6.92 Å². The zero-order valence-electron chi connectivity index (χ0n) is 12.9. The van der Waals surface area contributed by atoms with Crippen molar-refractivity contribution < 1.29 is 17.3 Å². The number of methoxy groups -OCH3 is 1. The second kappa shape index (κ2) is 7.06. The Hall–Kier alpha value is -1.98. The van der Waals surface area contributed by atoms with Gasteiger partial charge in [0.05, 0.1) is 12.1 Å². The Kier molecular flexibility index (Phi) is 5.34. The normalized spacial score (nSPS) is 11.1. The van der Waals surface area contributed by atoms with E-state index in [1.54, 1.807) is 36.4 Å². The summed E-state index contributed by atoms with van der Waals surface area (Å²) in [6.07, 6.45) is 2.39. The molecule has 0 saturated heterocycles. The van der Waals surface area contributed by atoms with Gasteiger partial charge in [-0.1, -0.05) is 29.8 Å². The number of allylic oxidation sites excluding steroid dienone is 1. The molecule has 4 nitrogen and oxygen atoms in total. The number of aryl methyl sites for hydroxylation is 1. The van der Waals surface area contributed by atoms with Gasteiger partial charge in [-0.2, -0.15) is 8.42 Å². The van der Waals surface area contributed by atoms with E-state index in [1.165, 1.54) is 13.2 Å². The second-order valence-corrected chi connectivity index (χ2v) is 6.87. The number of hydrogen-bond donors (Lipinski definition) is 0. The first-order valence-electron chi connectivity index (χ1n) is 6.86. The third-order valence-electron chi connectivity index (χ3n) is 3.16. The molecule has 0 N–H and O–H groups in total. The van der Waals surface area contributed by atoms with Gasteiger partial charge in [-0.05, 0) is 48.7 Å². The Bertz CT molecular complexity index is 828.